The molecule has 0 bridgehead atoms. The van der Waals surface area contributed by atoms with E-state index in [0.717, 1.165) is 24.8 Å². The van der Waals surface area contributed by atoms with Gasteiger partial charge in [-0.25, -0.2) is 13.6 Å². The zero-order valence-electron chi connectivity index (χ0n) is 14.3. The van der Waals surface area contributed by atoms with Crippen LogP contribution in [0.1, 0.15) is 46.8 Å². The highest BCUT2D eigenvalue weighted by atomic mass is 35.5. The van der Waals surface area contributed by atoms with E-state index in [0.29, 0.717) is 22.7 Å². The van der Waals surface area contributed by atoms with Gasteiger partial charge in [-0.15, -0.1) is 0 Å². The van der Waals surface area contributed by atoms with Crippen LogP contribution in [0.25, 0.3) is 0 Å². The Kier molecular flexibility index (Phi) is 5.65. The average Bonchev–Trinajstić information content (AvgIpc) is 2.61. The Hall–Kier alpha value is -1.89. The standard InChI is InChI=1S/C19H21ClN2O3S/c20-17-10-8-15(9-11-17)18-3-1-2-12-22(18)19(23)16-6-4-14(5-7-16)13-26(21,24)25/h4-11,18H,1-3,12-13H2,(H2,21,24,25). The summed E-state index contributed by atoms with van der Waals surface area (Å²) in [5, 5.41) is 5.74. The number of piperidine rings is 1. The summed E-state index contributed by atoms with van der Waals surface area (Å²) in [7, 11) is -3.59. The fourth-order valence-corrected chi connectivity index (χ4v) is 4.13. The highest BCUT2D eigenvalue weighted by Gasteiger charge is 2.28. The van der Waals surface area contributed by atoms with E-state index in [9.17, 15) is 13.2 Å². The van der Waals surface area contributed by atoms with Crippen molar-refractivity contribution in [2.45, 2.75) is 31.1 Å². The Bertz CT molecular complexity index is 880. The van der Waals surface area contributed by atoms with Gasteiger partial charge < -0.3 is 4.90 Å². The third kappa shape index (κ3) is 4.63. The summed E-state index contributed by atoms with van der Waals surface area (Å²) in [5.74, 6) is -0.287. The zero-order chi connectivity index (χ0) is 18.7. The lowest BCUT2D eigenvalue weighted by Crippen LogP contribution is -2.38. The molecule has 5 nitrogen and oxygen atoms in total. The van der Waals surface area contributed by atoms with Crippen molar-refractivity contribution < 1.29 is 13.2 Å². The van der Waals surface area contributed by atoms with Gasteiger partial charge in [0.05, 0.1) is 11.8 Å². The quantitative estimate of drug-likeness (QED) is 0.864. The summed E-state index contributed by atoms with van der Waals surface area (Å²) in [6.07, 6.45) is 2.96. The third-order valence-corrected chi connectivity index (χ3v) is 5.57. The van der Waals surface area contributed by atoms with E-state index in [1.165, 1.54) is 0 Å². The molecule has 0 spiro atoms. The summed E-state index contributed by atoms with van der Waals surface area (Å²) in [6, 6.07) is 14.2. The summed E-state index contributed by atoms with van der Waals surface area (Å²) in [5.41, 5.74) is 2.19. The third-order valence-electron chi connectivity index (χ3n) is 4.59. The number of rotatable bonds is 4. The van der Waals surface area contributed by atoms with Gasteiger partial charge in [-0.1, -0.05) is 35.9 Å². The van der Waals surface area contributed by atoms with Crippen LogP contribution in [0.3, 0.4) is 0 Å². The molecule has 7 heteroatoms. The topological polar surface area (TPSA) is 80.5 Å². The van der Waals surface area contributed by atoms with Gasteiger partial charge in [-0.2, -0.15) is 0 Å². The van der Waals surface area contributed by atoms with Gasteiger partial charge in [0.25, 0.3) is 5.91 Å². The van der Waals surface area contributed by atoms with Crippen molar-refractivity contribution in [3.8, 4) is 0 Å². The summed E-state index contributed by atoms with van der Waals surface area (Å²) in [4.78, 5) is 14.9. The van der Waals surface area contributed by atoms with Crippen LogP contribution in [0.4, 0.5) is 0 Å². The number of halogens is 1. The molecule has 1 aliphatic heterocycles. The van der Waals surface area contributed by atoms with Crippen molar-refractivity contribution in [2.24, 2.45) is 5.14 Å². The van der Waals surface area contributed by atoms with Crippen LogP contribution in [-0.4, -0.2) is 25.8 Å². The number of nitrogens with two attached hydrogens (primary N) is 1. The van der Waals surface area contributed by atoms with Gasteiger partial charge in [0.2, 0.25) is 10.0 Å². The van der Waals surface area contributed by atoms with Crippen LogP contribution < -0.4 is 5.14 Å². The summed E-state index contributed by atoms with van der Waals surface area (Å²) >= 11 is 5.97. The predicted molar refractivity (Wildman–Crippen MR) is 102 cm³/mol. The number of nitrogens with zero attached hydrogens (tertiary/aromatic N) is 1. The monoisotopic (exact) mass is 392 g/mol. The molecule has 2 aromatic carbocycles. The first-order valence-corrected chi connectivity index (χ1v) is 10.6. The van der Waals surface area contributed by atoms with Crippen LogP contribution in [0.15, 0.2) is 48.5 Å². The molecule has 138 valence electrons. The lowest BCUT2D eigenvalue weighted by atomic mass is 9.94. The molecule has 1 atom stereocenters. The van der Waals surface area contributed by atoms with Gasteiger partial charge in [0, 0.05) is 17.1 Å². The normalized spacial score (nSPS) is 17.9. The lowest BCUT2D eigenvalue weighted by Gasteiger charge is -2.36. The van der Waals surface area contributed by atoms with Gasteiger partial charge in [-0.05, 0) is 54.7 Å². The Morgan fingerprint density at radius 3 is 2.35 bits per heavy atom. The first-order chi connectivity index (χ1) is 12.3. The fourth-order valence-electron chi connectivity index (χ4n) is 3.35. The Balaban J connectivity index is 1.81. The van der Waals surface area contributed by atoms with Crippen molar-refractivity contribution in [2.75, 3.05) is 6.54 Å². The predicted octanol–water partition coefficient (Wildman–Crippen LogP) is 3.50. The minimum absolute atomic E-state index is 0.0256. The minimum Gasteiger partial charge on any atom is -0.332 e. The minimum atomic E-state index is -3.59. The molecule has 0 radical (unpaired) electrons. The molecule has 26 heavy (non-hydrogen) atoms. The maximum absolute atomic E-state index is 13.0. The number of likely N-dealkylation sites (tertiary alicyclic amines) is 1. The number of sulfonamides is 1. The lowest BCUT2D eigenvalue weighted by molar-refractivity contribution is 0.0611. The van der Waals surface area contributed by atoms with Crippen LogP contribution >= 0.6 is 11.6 Å². The van der Waals surface area contributed by atoms with Gasteiger partial charge in [-0.3, -0.25) is 4.79 Å². The molecule has 0 aromatic heterocycles. The molecular formula is C19H21ClN2O3S. The van der Waals surface area contributed by atoms with Crippen molar-refractivity contribution in [1.82, 2.24) is 4.90 Å². The molecule has 3 rings (SSSR count). The second-order valence-electron chi connectivity index (χ2n) is 6.57. The van der Waals surface area contributed by atoms with E-state index >= 15 is 0 Å². The van der Waals surface area contributed by atoms with Gasteiger partial charge in [0.1, 0.15) is 0 Å². The van der Waals surface area contributed by atoms with E-state index in [-0.39, 0.29) is 17.7 Å². The number of amides is 1. The van der Waals surface area contributed by atoms with Crippen LogP contribution in [0.2, 0.25) is 5.02 Å². The van der Waals surface area contributed by atoms with Crippen molar-refractivity contribution in [3.63, 3.8) is 0 Å². The van der Waals surface area contributed by atoms with Crippen molar-refractivity contribution in [3.05, 3.63) is 70.2 Å². The maximum atomic E-state index is 13.0. The molecule has 1 amide bonds. The first kappa shape index (κ1) is 18.9. The maximum Gasteiger partial charge on any atom is 0.254 e. The Morgan fingerprint density at radius 2 is 1.73 bits per heavy atom. The number of hydrogen-bond acceptors (Lipinski definition) is 3. The molecule has 0 aliphatic carbocycles. The number of primary sulfonamides is 1. The van der Waals surface area contributed by atoms with Crippen LogP contribution in [0.5, 0.6) is 0 Å². The number of carbonyl (C=O) groups excluding carboxylic acids is 1. The Labute approximate surface area is 158 Å². The molecule has 1 fully saturated rings. The molecular weight excluding hydrogens is 372 g/mol. The molecule has 0 saturated carbocycles. The molecule has 1 saturated heterocycles. The smallest absolute Gasteiger partial charge is 0.254 e. The summed E-state index contributed by atoms with van der Waals surface area (Å²) < 4.78 is 22.4. The second kappa shape index (κ2) is 7.78. The van der Waals surface area contributed by atoms with E-state index in [4.69, 9.17) is 16.7 Å². The van der Waals surface area contributed by atoms with Gasteiger partial charge in [0.15, 0.2) is 0 Å². The second-order valence-corrected chi connectivity index (χ2v) is 8.62. The SMILES string of the molecule is NS(=O)(=O)Cc1ccc(C(=O)N2CCCCC2c2ccc(Cl)cc2)cc1. The van der Waals surface area contributed by atoms with Crippen LogP contribution in [-0.2, 0) is 15.8 Å². The number of carbonyl (C=O) groups is 1. The Morgan fingerprint density at radius 1 is 1.08 bits per heavy atom. The van der Waals surface area contributed by atoms with Crippen LogP contribution in [0, 0.1) is 0 Å². The average molecular weight is 393 g/mol. The number of hydrogen-bond donors (Lipinski definition) is 1. The van der Waals surface area contributed by atoms with Crippen molar-refractivity contribution >= 4 is 27.5 Å². The zero-order valence-corrected chi connectivity index (χ0v) is 15.8. The van der Waals surface area contributed by atoms with Crippen molar-refractivity contribution in [1.29, 1.82) is 0 Å². The fraction of sp³-hybridized carbons (Fsp3) is 0.316. The molecule has 1 aliphatic rings. The van der Waals surface area contributed by atoms with Gasteiger partial charge >= 0.3 is 0 Å². The molecule has 2 N–H and O–H groups in total. The first-order valence-electron chi connectivity index (χ1n) is 8.49. The largest absolute Gasteiger partial charge is 0.332 e. The molecule has 1 unspecified atom stereocenters. The highest BCUT2D eigenvalue weighted by Crippen LogP contribution is 2.32. The van der Waals surface area contributed by atoms with E-state index in [1.54, 1.807) is 24.3 Å². The molecule has 1 heterocycles. The summed E-state index contributed by atoms with van der Waals surface area (Å²) in [6.45, 7) is 0.699. The number of benzene rings is 2. The molecule has 2 aromatic rings. The van der Waals surface area contributed by atoms with E-state index in [2.05, 4.69) is 0 Å². The van der Waals surface area contributed by atoms with E-state index < -0.39 is 10.0 Å². The van der Waals surface area contributed by atoms with E-state index in [1.807, 2.05) is 29.2 Å². The highest BCUT2D eigenvalue weighted by molar-refractivity contribution is 7.88.